The van der Waals surface area contributed by atoms with E-state index in [0.717, 1.165) is 22.6 Å². The van der Waals surface area contributed by atoms with Gasteiger partial charge in [-0.3, -0.25) is 9.59 Å². The Bertz CT molecular complexity index is 1100. The van der Waals surface area contributed by atoms with Crippen LogP contribution < -0.4 is 5.32 Å². The maximum absolute atomic E-state index is 13.7. The number of thioether (sulfide) groups is 1. The van der Waals surface area contributed by atoms with Gasteiger partial charge in [-0.2, -0.15) is 11.8 Å². The number of amides is 4. The number of halogens is 1. The summed E-state index contributed by atoms with van der Waals surface area (Å²) in [5.41, 5.74) is 1.89. The lowest BCUT2D eigenvalue weighted by atomic mass is 10.0. The van der Waals surface area contributed by atoms with E-state index < -0.39 is 12.2 Å². The van der Waals surface area contributed by atoms with Crippen LogP contribution in [0.25, 0.3) is 0 Å². The highest BCUT2D eigenvalue weighted by Crippen LogP contribution is 2.29. The Balaban J connectivity index is 1.62. The number of hydrogen-bond donors (Lipinski definition) is 1. The van der Waals surface area contributed by atoms with Crippen LogP contribution in [0.3, 0.4) is 0 Å². The van der Waals surface area contributed by atoms with E-state index in [1.54, 1.807) is 37.6 Å². The molecule has 0 spiro atoms. The number of hydrazine groups is 1. The molecule has 0 unspecified atom stereocenters. The predicted molar refractivity (Wildman–Crippen MR) is 147 cm³/mol. The number of hydrogen-bond acceptors (Lipinski definition) is 5. The Labute approximate surface area is 227 Å². The van der Waals surface area contributed by atoms with Crippen LogP contribution in [-0.2, 0) is 22.7 Å². The summed E-state index contributed by atoms with van der Waals surface area (Å²) in [4.78, 5) is 44.1. The fraction of sp³-hybridized carbons (Fsp3) is 0.444. The van der Waals surface area contributed by atoms with Crippen LogP contribution in [0.15, 0.2) is 54.6 Å². The van der Waals surface area contributed by atoms with Gasteiger partial charge in [0.2, 0.25) is 11.8 Å². The van der Waals surface area contributed by atoms with Gasteiger partial charge in [0.25, 0.3) is 0 Å². The monoisotopic (exact) mass is 543 g/mol. The number of nitrogens with one attached hydrogen (secondary N) is 1. The highest BCUT2D eigenvalue weighted by Gasteiger charge is 2.50. The van der Waals surface area contributed by atoms with Crippen LogP contribution >= 0.6 is 23.4 Å². The van der Waals surface area contributed by atoms with Gasteiger partial charge < -0.3 is 15.1 Å². The summed E-state index contributed by atoms with van der Waals surface area (Å²) in [5, 5.41) is 7.03. The third kappa shape index (κ3) is 6.40. The summed E-state index contributed by atoms with van der Waals surface area (Å²) in [5.74, 6) is 1.48. The summed E-state index contributed by atoms with van der Waals surface area (Å²) in [6.07, 6.45) is -0.0532. The van der Waals surface area contributed by atoms with Gasteiger partial charge in [0.15, 0.2) is 0 Å². The third-order valence-corrected chi connectivity index (χ3v) is 7.86. The highest BCUT2D eigenvalue weighted by molar-refractivity contribution is 7.99. The average Bonchev–Trinajstić information content (AvgIpc) is 2.89. The highest BCUT2D eigenvalue weighted by atomic mass is 35.5. The van der Waals surface area contributed by atoms with Crippen molar-refractivity contribution in [3.05, 3.63) is 70.7 Å². The first-order chi connectivity index (χ1) is 17.9. The summed E-state index contributed by atoms with van der Waals surface area (Å²) >= 11 is 7.94. The molecular weight excluding hydrogens is 510 g/mol. The summed E-state index contributed by atoms with van der Waals surface area (Å²) in [6.45, 7) is 5.51. The van der Waals surface area contributed by atoms with Gasteiger partial charge in [0.05, 0.1) is 13.1 Å². The number of urea groups is 1. The van der Waals surface area contributed by atoms with Gasteiger partial charge in [-0.1, -0.05) is 67.9 Å². The number of benzene rings is 2. The first kappa shape index (κ1) is 27.3. The molecule has 2 atom stereocenters. The summed E-state index contributed by atoms with van der Waals surface area (Å²) < 4.78 is 0. The maximum atomic E-state index is 13.7. The molecule has 2 aliphatic rings. The first-order valence-corrected chi connectivity index (χ1v) is 14.2. The SMILES string of the molecule is CCSCC[C@H]1C(=O)N(Cc2cccc(Cl)c2)C[C@H]2N1C(=O)CN(CC)N2C(=O)NCc1ccccc1. The largest absolute Gasteiger partial charge is 0.334 e. The number of carbonyl (C=O) groups excluding carboxylic acids is 3. The standard InChI is InChI=1S/C27H34ClN5O3S/c1-3-31-19-25(34)32-23(13-14-37-4-2)26(35)30(17-21-11-8-12-22(28)15-21)18-24(32)33(31)27(36)29-16-20-9-6-5-7-10-20/h5-12,15,23-24H,3-4,13-14,16-19H2,1-2H3,(H,29,36)/t23-,24-/m0/s1. The van der Waals surface area contributed by atoms with Gasteiger partial charge in [0, 0.05) is 24.7 Å². The fourth-order valence-corrected chi connectivity index (χ4v) is 5.82. The van der Waals surface area contributed by atoms with Crippen molar-refractivity contribution in [2.45, 2.75) is 45.6 Å². The average molecular weight is 544 g/mol. The molecule has 2 saturated heterocycles. The van der Waals surface area contributed by atoms with Crippen molar-refractivity contribution in [2.24, 2.45) is 0 Å². The number of fused-ring (bicyclic) bond motifs is 1. The Morgan fingerprint density at radius 1 is 1.08 bits per heavy atom. The molecule has 2 aromatic rings. The molecule has 0 aliphatic carbocycles. The van der Waals surface area contributed by atoms with E-state index in [4.69, 9.17) is 11.6 Å². The van der Waals surface area contributed by atoms with Gasteiger partial charge >= 0.3 is 6.03 Å². The molecule has 0 radical (unpaired) electrons. The lowest BCUT2D eigenvalue weighted by Gasteiger charge is -2.55. The third-order valence-electron chi connectivity index (χ3n) is 6.69. The molecule has 0 saturated carbocycles. The molecule has 2 heterocycles. The minimum atomic E-state index is -0.618. The van der Waals surface area contributed by atoms with E-state index in [-0.39, 0.29) is 30.9 Å². The lowest BCUT2D eigenvalue weighted by Crippen LogP contribution is -2.76. The molecule has 8 nitrogen and oxygen atoms in total. The van der Waals surface area contributed by atoms with Crippen molar-refractivity contribution in [3.8, 4) is 0 Å². The van der Waals surface area contributed by atoms with E-state index in [1.165, 1.54) is 0 Å². The zero-order valence-electron chi connectivity index (χ0n) is 21.3. The Morgan fingerprint density at radius 2 is 1.84 bits per heavy atom. The van der Waals surface area contributed by atoms with Crippen molar-refractivity contribution in [2.75, 3.05) is 31.1 Å². The van der Waals surface area contributed by atoms with E-state index in [0.29, 0.717) is 31.1 Å². The molecule has 1 N–H and O–H groups in total. The van der Waals surface area contributed by atoms with E-state index in [9.17, 15) is 14.4 Å². The van der Waals surface area contributed by atoms with E-state index in [2.05, 4.69) is 12.2 Å². The second-order valence-corrected chi connectivity index (χ2v) is 10.9. The first-order valence-electron chi connectivity index (χ1n) is 12.7. The normalized spacial score (nSPS) is 20.2. The molecule has 2 aromatic carbocycles. The fourth-order valence-electron chi connectivity index (χ4n) is 4.93. The second kappa shape index (κ2) is 12.7. The van der Waals surface area contributed by atoms with Crippen LogP contribution in [0.1, 0.15) is 31.4 Å². The molecular formula is C27H34ClN5O3S. The molecule has 2 fully saturated rings. The van der Waals surface area contributed by atoms with Crippen LogP contribution in [0.5, 0.6) is 0 Å². The van der Waals surface area contributed by atoms with Crippen LogP contribution in [0, 0.1) is 0 Å². The minimum Gasteiger partial charge on any atom is -0.333 e. The molecule has 2 aliphatic heterocycles. The molecule has 4 amide bonds. The Hall–Kier alpha value is -2.75. The van der Waals surface area contributed by atoms with Crippen LogP contribution in [-0.4, -0.2) is 81.0 Å². The van der Waals surface area contributed by atoms with Crippen molar-refractivity contribution in [1.82, 2.24) is 25.1 Å². The molecule has 4 rings (SSSR count). The van der Waals surface area contributed by atoms with Crippen molar-refractivity contribution in [1.29, 1.82) is 0 Å². The Kier molecular flexibility index (Phi) is 9.34. The van der Waals surface area contributed by atoms with E-state index >= 15 is 0 Å². The number of nitrogens with zero attached hydrogens (tertiary/aromatic N) is 4. The van der Waals surface area contributed by atoms with Crippen molar-refractivity contribution >= 4 is 41.2 Å². The molecule has 198 valence electrons. The molecule has 37 heavy (non-hydrogen) atoms. The van der Waals surface area contributed by atoms with Gasteiger partial charge in [0.1, 0.15) is 12.2 Å². The van der Waals surface area contributed by atoms with Gasteiger partial charge in [-0.25, -0.2) is 14.8 Å². The zero-order chi connectivity index (χ0) is 26.4. The van der Waals surface area contributed by atoms with Crippen LogP contribution in [0.2, 0.25) is 5.02 Å². The molecule has 0 aromatic heterocycles. The second-order valence-electron chi connectivity index (χ2n) is 9.10. The van der Waals surface area contributed by atoms with Gasteiger partial charge in [-0.05, 0) is 41.2 Å². The summed E-state index contributed by atoms with van der Waals surface area (Å²) in [7, 11) is 0. The number of carbonyl (C=O) groups is 3. The number of piperazine rings is 1. The number of likely N-dealkylation sites (N-methyl/N-ethyl adjacent to an activating group) is 1. The van der Waals surface area contributed by atoms with Crippen molar-refractivity contribution < 1.29 is 14.4 Å². The van der Waals surface area contributed by atoms with Crippen LogP contribution in [0.4, 0.5) is 4.79 Å². The lowest BCUT2D eigenvalue weighted by molar-refractivity contribution is -0.190. The Morgan fingerprint density at radius 3 is 2.54 bits per heavy atom. The molecule has 10 heteroatoms. The number of rotatable bonds is 9. The maximum Gasteiger partial charge on any atom is 0.334 e. The van der Waals surface area contributed by atoms with E-state index in [1.807, 2.05) is 55.5 Å². The van der Waals surface area contributed by atoms with Gasteiger partial charge in [-0.15, -0.1) is 0 Å². The molecule has 0 bridgehead atoms. The summed E-state index contributed by atoms with van der Waals surface area (Å²) in [6, 6.07) is 16.2. The predicted octanol–water partition coefficient (Wildman–Crippen LogP) is 3.81. The van der Waals surface area contributed by atoms with Crippen molar-refractivity contribution in [3.63, 3.8) is 0 Å². The quantitative estimate of drug-likeness (QED) is 0.487. The smallest absolute Gasteiger partial charge is 0.333 e. The minimum absolute atomic E-state index is 0.0603. The topological polar surface area (TPSA) is 76.2 Å². The zero-order valence-corrected chi connectivity index (χ0v) is 22.9.